The van der Waals surface area contributed by atoms with Crippen molar-refractivity contribution < 1.29 is 14.4 Å². The fourth-order valence-electron chi connectivity index (χ4n) is 3.53. The topological polar surface area (TPSA) is 91.4 Å². The first-order chi connectivity index (χ1) is 12.0. The molecule has 0 atom stereocenters. The summed E-state index contributed by atoms with van der Waals surface area (Å²) in [6.07, 6.45) is 4.77. The summed E-state index contributed by atoms with van der Waals surface area (Å²) in [5.74, 6) is -0.244. The van der Waals surface area contributed by atoms with E-state index in [9.17, 15) is 14.4 Å². The molecule has 1 spiro atoms. The van der Waals surface area contributed by atoms with E-state index in [1.54, 1.807) is 0 Å². The van der Waals surface area contributed by atoms with Gasteiger partial charge in [0.25, 0.3) is 11.8 Å². The summed E-state index contributed by atoms with van der Waals surface area (Å²) in [5.41, 5.74) is 0.0908. The first-order valence-corrected chi connectivity index (χ1v) is 9.67. The Morgan fingerprint density at radius 2 is 2.08 bits per heavy atom. The molecule has 1 aliphatic carbocycles. The number of hydrogen-bond donors (Lipinski definition) is 2. The van der Waals surface area contributed by atoms with Crippen LogP contribution in [0.15, 0.2) is 0 Å². The van der Waals surface area contributed by atoms with Crippen molar-refractivity contribution in [2.45, 2.75) is 57.9 Å². The number of aryl methyl sites for hydroxylation is 2. The van der Waals surface area contributed by atoms with Gasteiger partial charge in [-0.3, -0.25) is 14.5 Å². The van der Waals surface area contributed by atoms with Gasteiger partial charge in [0.2, 0.25) is 0 Å². The Labute approximate surface area is 151 Å². The fraction of sp³-hybridized carbons (Fsp3) is 0.647. The zero-order chi connectivity index (χ0) is 18.0. The number of thiazole rings is 1. The lowest BCUT2D eigenvalue weighted by Gasteiger charge is -2.20. The second kappa shape index (κ2) is 7.11. The molecule has 1 aromatic heterocycles. The van der Waals surface area contributed by atoms with Crippen molar-refractivity contribution in [2.24, 2.45) is 0 Å². The third kappa shape index (κ3) is 3.40. The van der Waals surface area contributed by atoms with Gasteiger partial charge < -0.3 is 10.6 Å². The van der Waals surface area contributed by atoms with Crippen LogP contribution in [0, 0.1) is 6.92 Å². The maximum atomic E-state index is 12.5. The van der Waals surface area contributed by atoms with E-state index in [1.807, 2.05) is 13.8 Å². The molecule has 3 rings (SSSR count). The van der Waals surface area contributed by atoms with Crippen molar-refractivity contribution in [1.82, 2.24) is 20.5 Å². The van der Waals surface area contributed by atoms with Crippen LogP contribution in [-0.2, 0) is 11.2 Å². The van der Waals surface area contributed by atoms with E-state index in [1.165, 1.54) is 16.2 Å². The van der Waals surface area contributed by atoms with E-state index < -0.39 is 5.54 Å². The number of nitrogens with zero attached hydrogens (tertiary/aromatic N) is 2. The molecule has 1 saturated heterocycles. The summed E-state index contributed by atoms with van der Waals surface area (Å²) in [4.78, 5) is 43.1. The lowest BCUT2D eigenvalue weighted by molar-refractivity contribution is -0.131. The van der Waals surface area contributed by atoms with Crippen LogP contribution >= 0.6 is 11.3 Å². The Morgan fingerprint density at radius 3 is 2.72 bits per heavy atom. The van der Waals surface area contributed by atoms with Gasteiger partial charge in [-0.1, -0.05) is 19.8 Å². The average molecular weight is 364 g/mol. The molecule has 136 valence electrons. The Kier molecular flexibility index (Phi) is 5.08. The predicted octanol–water partition coefficient (Wildman–Crippen LogP) is 2.00. The molecule has 8 heteroatoms. The molecular weight excluding hydrogens is 340 g/mol. The lowest BCUT2D eigenvalue weighted by atomic mass is 9.98. The van der Waals surface area contributed by atoms with E-state index in [0.29, 0.717) is 24.4 Å². The van der Waals surface area contributed by atoms with Crippen molar-refractivity contribution >= 4 is 29.2 Å². The van der Waals surface area contributed by atoms with Crippen molar-refractivity contribution in [3.05, 3.63) is 15.6 Å². The standard InChI is InChI=1S/C17H24N4O3S/c1-3-12-19-11(2)13(25-12)14(22)18-9-6-10-21-15(23)17(20-16(21)24)7-4-5-8-17/h3-10H2,1-2H3,(H,18,22)(H,20,24). The number of aromatic nitrogens is 1. The molecule has 2 aliphatic rings. The lowest BCUT2D eigenvalue weighted by Crippen LogP contribution is -2.44. The van der Waals surface area contributed by atoms with Gasteiger partial charge >= 0.3 is 6.03 Å². The molecule has 25 heavy (non-hydrogen) atoms. The van der Waals surface area contributed by atoms with E-state index >= 15 is 0 Å². The number of urea groups is 1. The number of rotatable bonds is 6. The van der Waals surface area contributed by atoms with Crippen LogP contribution in [0.2, 0.25) is 0 Å². The molecule has 1 saturated carbocycles. The first kappa shape index (κ1) is 17.8. The van der Waals surface area contributed by atoms with Crippen LogP contribution in [-0.4, -0.2) is 46.4 Å². The normalized spacial score (nSPS) is 18.9. The number of carbonyl (C=O) groups excluding carboxylic acids is 3. The molecule has 2 fully saturated rings. The average Bonchev–Trinajstić information content (AvgIpc) is 3.26. The molecule has 0 bridgehead atoms. The van der Waals surface area contributed by atoms with Gasteiger partial charge in [0.05, 0.1) is 10.7 Å². The minimum atomic E-state index is -0.656. The van der Waals surface area contributed by atoms with E-state index in [0.717, 1.165) is 42.8 Å². The zero-order valence-electron chi connectivity index (χ0n) is 14.7. The Balaban J connectivity index is 1.48. The van der Waals surface area contributed by atoms with E-state index in [4.69, 9.17) is 0 Å². The van der Waals surface area contributed by atoms with Gasteiger partial charge in [0.15, 0.2) is 0 Å². The molecule has 0 aromatic carbocycles. The van der Waals surface area contributed by atoms with Gasteiger partial charge in [-0.25, -0.2) is 9.78 Å². The summed E-state index contributed by atoms with van der Waals surface area (Å²) in [5, 5.41) is 6.67. The fourth-order valence-corrected chi connectivity index (χ4v) is 4.45. The van der Waals surface area contributed by atoms with Crippen molar-refractivity contribution in [2.75, 3.05) is 13.1 Å². The van der Waals surface area contributed by atoms with Crippen LogP contribution < -0.4 is 10.6 Å². The maximum absolute atomic E-state index is 12.5. The second-order valence-electron chi connectivity index (χ2n) is 6.66. The third-order valence-corrected chi connectivity index (χ3v) is 6.20. The first-order valence-electron chi connectivity index (χ1n) is 8.85. The largest absolute Gasteiger partial charge is 0.351 e. The van der Waals surface area contributed by atoms with Crippen LogP contribution in [0.4, 0.5) is 4.79 Å². The highest BCUT2D eigenvalue weighted by atomic mass is 32.1. The second-order valence-corrected chi connectivity index (χ2v) is 7.74. The van der Waals surface area contributed by atoms with Crippen LogP contribution in [0.1, 0.15) is 59.4 Å². The zero-order valence-corrected chi connectivity index (χ0v) is 15.5. The smallest absolute Gasteiger partial charge is 0.325 e. The highest BCUT2D eigenvalue weighted by Crippen LogP contribution is 2.34. The molecule has 2 N–H and O–H groups in total. The van der Waals surface area contributed by atoms with E-state index in [-0.39, 0.29) is 17.8 Å². The van der Waals surface area contributed by atoms with Gasteiger partial charge in [-0.2, -0.15) is 0 Å². The molecule has 2 heterocycles. The summed E-state index contributed by atoms with van der Waals surface area (Å²) in [6.45, 7) is 4.59. The molecule has 7 nitrogen and oxygen atoms in total. The SMILES string of the molecule is CCc1nc(C)c(C(=O)NCCCN2C(=O)NC3(CCCC3)C2=O)s1. The summed E-state index contributed by atoms with van der Waals surface area (Å²) < 4.78 is 0. The summed E-state index contributed by atoms with van der Waals surface area (Å²) in [6, 6.07) is -0.302. The molecule has 1 aromatic rings. The van der Waals surface area contributed by atoms with Gasteiger partial charge in [0, 0.05) is 13.1 Å². The van der Waals surface area contributed by atoms with Crippen molar-refractivity contribution in [1.29, 1.82) is 0 Å². The van der Waals surface area contributed by atoms with Gasteiger partial charge in [-0.05, 0) is 32.6 Å². The van der Waals surface area contributed by atoms with Gasteiger partial charge in [0.1, 0.15) is 10.4 Å². The van der Waals surface area contributed by atoms with Crippen molar-refractivity contribution in [3.8, 4) is 0 Å². The highest BCUT2D eigenvalue weighted by molar-refractivity contribution is 7.13. The Morgan fingerprint density at radius 1 is 1.36 bits per heavy atom. The minimum Gasteiger partial charge on any atom is -0.351 e. The Hall–Kier alpha value is -1.96. The quantitative estimate of drug-likeness (QED) is 0.597. The Bertz CT molecular complexity index is 694. The number of imide groups is 1. The number of nitrogens with one attached hydrogen (secondary N) is 2. The maximum Gasteiger partial charge on any atom is 0.325 e. The monoisotopic (exact) mass is 364 g/mol. The number of amides is 4. The predicted molar refractivity (Wildman–Crippen MR) is 94.6 cm³/mol. The minimum absolute atomic E-state index is 0.104. The molecule has 0 unspecified atom stereocenters. The van der Waals surface area contributed by atoms with Gasteiger partial charge in [-0.15, -0.1) is 11.3 Å². The molecule has 1 aliphatic heterocycles. The van der Waals surface area contributed by atoms with Crippen LogP contribution in [0.3, 0.4) is 0 Å². The van der Waals surface area contributed by atoms with Crippen LogP contribution in [0.25, 0.3) is 0 Å². The molecule has 4 amide bonds. The number of carbonyl (C=O) groups is 3. The van der Waals surface area contributed by atoms with Crippen LogP contribution in [0.5, 0.6) is 0 Å². The van der Waals surface area contributed by atoms with E-state index in [2.05, 4.69) is 15.6 Å². The molecule has 0 radical (unpaired) electrons. The molecular formula is C17H24N4O3S. The number of hydrogen-bond acceptors (Lipinski definition) is 5. The summed E-state index contributed by atoms with van der Waals surface area (Å²) in [7, 11) is 0. The van der Waals surface area contributed by atoms with Crippen molar-refractivity contribution in [3.63, 3.8) is 0 Å². The summed E-state index contributed by atoms with van der Waals surface area (Å²) >= 11 is 1.41. The highest BCUT2D eigenvalue weighted by Gasteiger charge is 2.51. The third-order valence-electron chi connectivity index (χ3n) is 4.90.